The third-order valence-electron chi connectivity index (χ3n) is 2.66. The zero-order valence-electron chi connectivity index (χ0n) is 9.53. The van der Waals surface area contributed by atoms with E-state index >= 15 is 0 Å². The molecule has 0 aromatic carbocycles. The molecule has 2 atom stereocenters. The lowest BCUT2D eigenvalue weighted by molar-refractivity contribution is -0.00274. The van der Waals surface area contributed by atoms with Gasteiger partial charge in [0.2, 0.25) is 5.95 Å². The summed E-state index contributed by atoms with van der Waals surface area (Å²) >= 11 is 2.21. The summed E-state index contributed by atoms with van der Waals surface area (Å²) in [6.45, 7) is -0.131. The number of thiazole rings is 1. The molecule has 2 aromatic rings. The SMILES string of the molecule is Nc1nc2c(sc(=O)n2[C@@H]2CS[C@@H](CO)O2)c(=O)[nH]1. The first-order valence-corrected chi connectivity index (χ1v) is 7.25. The third kappa shape index (κ3) is 2.06. The number of aromatic nitrogens is 3. The Labute approximate surface area is 114 Å². The molecule has 8 nitrogen and oxygen atoms in total. The second-order valence-electron chi connectivity index (χ2n) is 3.88. The van der Waals surface area contributed by atoms with Crippen molar-refractivity contribution in [2.45, 2.75) is 11.7 Å². The van der Waals surface area contributed by atoms with Crippen LogP contribution >= 0.6 is 23.1 Å². The number of nitrogens with one attached hydrogen (secondary N) is 1. The summed E-state index contributed by atoms with van der Waals surface area (Å²) in [5.41, 5.74) is 4.91. The monoisotopic (exact) mass is 302 g/mol. The summed E-state index contributed by atoms with van der Waals surface area (Å²) in [5.74, 6) is 0.458. The highest BCUT2D eigenvalue weighted by atomic mass is 32.2. The molecule has 1 fully saturated rings. The van der Waals surface area contributed by atoms with Crippen LogP contribution in [-0.4, -0.2) is 37.4 Å². The fraction of sp³-hybridized carbons (Fsp3) is 0.444. The van der Waals surface area contributed by atoms with Crippen molar-refractivity contribution in [3.05, 3.63) is 20.0 Å². The summed E-state index contributed by atoms with van der Waals surface area (Å²) in [6.07, 6.45) is -0.544. The number of anilines is 1. The smallest absolute Gasteiger partial charge is 0.311 e. The molecular weight excluding hydrogens is 292 g/mol. The van der Waals surface area contributed by atoms with Crippen LogP contribution in [0.1, 0.15) is 6.23 Å². The average Bonchev–Trinajstić information content (AvgIpc) is 2.93. The van der Waals surface area contributed by atoms with Gasteiger partial charge in [0.05, 0.1) is 6.61 Å². The Morgan fingerprint density at radius 1 is 1.58 bits per heavy atom. The first-order valence-electron chi connectivity index (χ1n) is 5.39. The first-order chi connectivity index (χ1) is 9.10. The van der Waals surface area contributed by atoms with E-state index in [1.807, 2.05) is 0 Å². The molecule has 0 bridgehead atoms. The highest BCUT2D eigenvalue weighted by Crippen LogP contribution is 2.32. The van der Waals surface area contributed by atoms with E-state index in [1.165, 1.54) is 16.3 Å². The number of hydrogen-bond acceptors (Lipinski definition) is 8. The molecule has 1 aliphatic rings. The molecule has 10 heteroatoms. The fourth-order valence-electron chi connectivity index (χ4n) is 1.87. The number of nitrogen functional groups attached to an aromatic ring is 1. The van der Waals surface area contributed by atoms with Gasteiger partial charge in [0.25, 0.3) is 5.56 Å². The van der Waals surface area contributed by atoms with Gasteiger partial charge in [-0.1, -0.05) is 11.3 Å². The predicted octanol–water partition coefficient (Wildman–Crippen LogP) is -0.691. The number of aliphatic hydroxyl groups excluding tert-OH is 1. The molecule has 3 rings (SSSR count). The maximum Gasteiger partial charge on any atom is 0.311 e. The van der Waals surface area contributed by atoms with Gasteiger partial charge in [0.1, 0.15) is 16.4 Å². The first kappa shape index (κ1) is 12.7. The van der Waals surface area contributed by atoms with Gasteiger partial charge in [-0.05, 0) is 0 Å². The topological polar surface area (TPSA) is 123 Å². The predicted molar refractivity (Wildman–Crippen MR) is 72.4 cm³/mol. The highest BCUT2D eigenvalue weighted by Gasteiger charge is 2.30. The van der Waals surface area contributed by atoms with Gasteiger partial charge < -0.3 is 15.6 Å². The van der Waals surface area contributed by atoms with E-state index in [0.29, 0.717) is 5.75 Å². The number of nitrogens with two attached hydrogens (primary N) is 1. The summed E-state index contributed by atoms with van der Waals surface area (Å²) < 4.78 is 7.05. The molecule has 19 heavy (non-hydrogen) atoms. The van der Waals surface area contributed by atoms with Crippen LogP contribution in [-0.2, 0) is 4.74 Å². The Balaban J connectivity index is 2.16. The van der Waals surface area contributed by atoms with E-state index in [0.717, 1.165) is 11.3 Å². The van der Waals surface area contributed by atoms with Crippen molar-refractivity contribution in [3.8, 4) is 0 Å². The molecule has 102 valence electrons. The van der Waals surface area contributed by atoms with Crippen molar-refractivity contribution >= 4 is 39.4 Å². The fourth-order valence-corrected chi connectivity index (χ4v) is 3.65. The molecule has 0 spiro atoms. The average molecular weight is 302 g/mol. The maximum atomic E-state index is 12.0. The molecule has 0 saturated carbocycles. The molecule has 1 aliphatic heterocycles. The Kier molecular flexibility index (Phi) is 3.09. The molecule has 0 aliphatic carbocycles. The molecule has 1 saturated heterocycles. The largest absolute Gasteiger partial charge is 0.393 e. The van der Waals surface area contributed by atoms with E-state index in [-0.39, 0.29) is 33.2 Å². The van der Waals surface area contributed by atoms with Gasteiger partial charge >= 0.3 is 4.87 Å². The summed E-state index contributed by atoms with van der Waals surface area (Å²) in [7, 11) is 0. The van der Waals surface area contributed by atoms with Crippen molar-refractivity contribution in [1.82, 2.24) is 14.5 Å². The Morgan fingerprint density at radius 3 is 3.05 bits per heavy atom. The van der Waals surface area contributed by atoms with Crippen LogP contribution in [0.5, 0.6) is 0 Å². The van der Waals surface area contributed by atoms with E-state index in [9.17, 15) is 9.59 Å². The normalized spacial score (nSPS) is 23.2. The molecule has 0 unspecified atom stereocenters. The standard InChI is InChI=1S/C9H10N4O4S2/c10-8-11-6-5(7(15)12-8)19-9(16)13(6)3-2-18-4(1-14)17-3/h3-4,14H,1-2H2,(H3,10,11,12,15)/t3-,4-/m0/s1. The Morgan fingerprint density at radius 2 is 2.37 bits per heavy atom. The third-order valence-corrected chi connectivity index (χ3v) is 4.72. The lowest BCUT2D eigenvalue weighted by Gasteiger charge is -2.12. The minimum Gasteiger partial charge on any atom is -0.393 e. The number of hydrogen-bond donors (Lipinski definition) is 3. The van der Waals surface area contributed by atoms with Crippen molar-refractivity contribution in [2.75, 3.05) is 18.1 Å². The van der Waals surface area contributed by atoms with E-state index in [4.69, 9.17) is 15.6 Å². The van der Waals surface area contributed by atoms with Crippen molar-refractivity contribution in [2.24, 2.45) is 0 Å². The van der Waals surface area contributed by atoms with Crippen LogP contribution in [0.2, 0.25) is 0 Å². The van der Waals surface area contributed by atoms with Gasteiger partial charge in [0, 0.05) is 5.75 Å². The number of ether oxygens (including phenoxy) is 1. The quantitative estimate of drug-likeness (QED) is 0.670. The summed E-state index contributed by atoms with van der Waals surface area (Å²) in [5, 5.41) is 9.03. The second kappa shape index (κ2) is 4.63. The zero-order valence-corrected chi connectivity index (χ0v) is 11.2. The lowest BCUT2D eigenvalue weighted by Crippen LogP contribution is -2.23. The number of fused-ring (bicyclic) bond motifs is 1. The number of aliphatic hydroxyl groups is 1. The lowest BCUT2D eigenvalue weighted by atomic mass is 10.5. The molecular formula is C9H10N4O4S2. The van der Waals surface area contributed by atoms with Crippen LogP contribution in [0, 0.1) is 0 Å². The number of aromatic amines is 1. The second-order valence-corrected chi connectivity index (χ2v) is 6.03. The van der Waals surface area contributed by atoms with E-state index in [1.54, 1.807) is 0 Å². The maximum absolute atomic E-state index is 12.0. The summed E-state index contributed by atoms with van der Waals surface area (Å²) in [4.78, 5) is 29.7. The van der Waals surface area contributed by atoms with E-state index < -0.39 is 11.8 Å². The van der Waals surface area contributed by atoms with Crippen LogP contribution in [0.4, 0.5) is 5.95 Å². The van der Waals surface area contributed by atoms with Crippen LogP contribution in [0.3, 0.4) is 0 Å². The van der Waals surface area contributed by atoms with Crippen molar-refractivity contribution in [3.63, 3.8) is 0 Å². The molecule has 0 amide bonds. The Hall–Kier alpha value is -1.36. The molecule has 4 N–H and O–H groups in total. The van der Waals surface area contributed by atoms with Crippen molar-refractivity contribution < 1.29 is 9.84 Å². The minimum absolute atomic E-state index is 0.0478. The van der Waals surface area contributed by atoms with Crippen LogP contribution in [0.25, 0.3) is 10.3 Å². The van der Waals surface area contributed by atoms with Crippen LogP contribution in [0.15, 0.2) is 9.59 Å². The van der Waals surface area contributed by atoms with Gasteiger partial charge in [-0.25, -0.2) is 0 Å². The number of H-pyrrole nitrogens is 1. The van der Waals surface area contributed by atoms with Gasteiger partial charge in [-0.3, -0.25) is 19.1 Å². The van der Waals surface area contributed by atoms with Crippen molar-refractivity contribution in [1.29, 1.82) is 0 Å². The van der Waals surface area contributed by atoms with Crippen LogP contribution < -0.4 is 16.2 Å². The molecule has 0 radical (unpaired) electrons. The van der Waals surface area contributed by atoms with Gasteiger partial charge in [0.15, 0.2) is 5.65 Å². The number of nitrogens with zero attached hydrogens (tertiary/aromatic N) is 2. The minimum atomic E-state index is -0.544. The molecule has 3 heterocycles. The van der Waals surface area contributed by atoms with E-state index in [2.05, 4.69) is 9.97 Å². The summed E-state index contributed by atoms with van der Waals surface area (Å²) in [6, 6.07) is 0. The van der Waals surface area contributed by atoms with Gasteiger partial charge in [-0.2, -0.15) is 4.98 Å². The molecule has 2 aromatic heterocycles. The highest BCUT2D eigenvalue weighted by molar-refractivity contribution is 8.00. The van der Waals surface area contributed by atoms with Gasteiger partial charge in [-0.15, -0.1) is 11.8 Å². The zero-order chi connectivity index (χ0) is 13.6. The number of thioether (sulfide) groups is 1. The Bertz CT molecular complexity index is 736. The number of rotatable bonds is 2.